The number of nitrogens with one attached hydrogen (secondary N) is 1. The number of benzene rings is 2. The molecule has 2 aromatic carbocycles. The normalized spacial score (nSPS) is 13.7. The van der Waals surface area contributed by atoms with Crippen LogP contribution in [0.3, 0.4) is 0 Å². The van der Waals surface area contributed by atoms with Crippen molar-refractivity contribution >= 4 is 39.4 Å². The first-order valence-corrected chi connectivity index (χ1v) is 10.3. The number of hydrogen-bond donors (Lipinski definition) is 1. The van der Waals surface area contributed by atoms with Crippen molar-refractivity contribution in [2.24, 2.45) is 5.92 Å². The van der Waals surface area contributed by atoms with E-state index in [1.807, 2.05) is 38.1 Å². The molecule has 0 bridgehead atoms. The molecule has 0 saturated carbocycles. The van der Waals surface area contributed by atoms with Gasteiger partial charge in [-0.25, -0.2) is 4.79 Å². The zero-order chi connectivity index (χ0) is 21.0. The molecule has 7 heteroatoms. The van der Waals surface area contributed by atoms with Gasteiger partial charge in [0.15, 0.2) is 6.61 Å². The summed E-state index contributed by atoms with van der Waals surface area (Å²) >= 11 is 3.33. The van der Waals surface area contributed by atoms with Crippen molar-refractivity contribution in [3.8, 4) is 0 Å². The largest absolute Gasteiger partial charge is 0.454 e. The first-order chi connectivity index (χ1) is 13.9. The minimum atomic E-state index is -0.853. The number of halogens is 1. The van der Waals surface area contributed by atoms with E-state index in [0.29, 0.717) is 16.6 Å². The van der Waals surface area contributed by atoms with Crippen LogP contribution in [-0.4, -0.2) is 37.0 Å². The number of anilines is 1. The van der Waals surface area contributed by atoms with E-state index in [4.69, 9.17) is 4.74 Å². The number of carbonyl (C=O) groups excluding carboxylic acids is 3. The van der Waals surface area contributed by atoms with Crippen molar-refractivity contribution in [1.29, 1.82) is 0 Å². The van der Waals surface area contributed by atoms with Crippen LogP contribution in [0.1, 0.15) is 29.8 Å². The summed E-state index contributed by atoms with van der Waals surface area (Å²) in [6, 6.07) is 13.8. The summed E-state index contributed by atoms with van der Waals surface area (Å²) < 4.78 is 5.90. The highest BCUT2D eigenvalue weighted by molar-refractivity contribution is 9.10. The van der Waals surface area contributed by atoms with Crippen LogP contribution >= 0.6 is 15.9 Å². The predicted molar refractivity (Wildman–Crippen MR) is 114 cm³/mol. The molecule has 29 heavy (non-hydrogen) atoms. The van der Waals surface area contributed by atoms with E-state index in [1.165, 1.54) is 0 Å². The number of ether oxygens (including phenoxy) is 1. The van der Waals surface area contributed by atoms with Crippen LogP contribution in [-0.2, 0) is 20.7 Å². The second kappa shape index (κ2) is 9.22. The molecule has 0 saturated heterocycles. The van der Waals surface area contributed by atoms with Crippen LogP contribution in [0.2, 0.25) is 0 Å². The summed E-state index contributed by atoms with van der Waals surface area (Å²) in [6.07, 6.45) is 0.784. The molecule has 0 spiro atoms. The Balaban J connectivity index is 1.61. The van der Waals surface area contributed by atoms with Crippen LogP contribution in [0.5, 0.6) is 0 Å². The van der Waals surface area contributed by atoms with Crippen LogP contribution in [0.25, 0.3) is 0 Å². The molecule has 3 rings (SSSR count). The molecule has 2 aromatic rings. The molecule has 1 heterocycles. The van der Waals surface area contributed by atoms with Crippen molar-refractivity contribution in [2.45, 2.75) is 26.3 Å². The topological polar surface area (TPSA) is 75.7 Å². The maximum Gasteiger partial charge on any atom is 0.329 e. The summed E-state index contributed by atoms with van der Waals surface area (Å²) in [6.45, 7) is 3.83. The van der Waals surface area contributed by atoms with Gasteiger partial charge in [0.2, 0.25) is 0 Å². The summed E-state index contributed by atoms with van der Waals surface area (Å²) in [7, 11) is 0. The minimum Gasteiger partial charge on any atom is -0.454 e. The van der Waals surface area contributed by atoms with E-state index in [1.54, 1.807) is 29.2 Å². The smallest absolute Gasteiger partial charge is 0.329 e. The quantitative estimate of drug-likeness (QED) is 0.673. The number of rotatable bonds is 6. The predicted octanol–water partition coefficient (Wildman–Crippen LogP) is 3.34. The Morgan fingerprint density at radius 1 is 1.10 bits per heavy atom. The SMILES string of the molecule is CC(C)C(NC(=O)c1ccccc1Br)C(=O)OCC(=O)N1CCc2ccccc21. The number of para-hydroxylation sites is 1. The van der Waals surface area contributed by atoms with Gasteiger partial charge in [-0.3, -0.25) is 9.59 Å². The second-order valence-corrected chi connectivity index (χ2v) is 8.06. The van der Waals surface area contributed by atoms with Gasteiger partial charge in [-0.1, -0.05) is 44.2 Å². The Labute approximate surface area is 178 Å². The Bertz CT molecular complexity index is 929. The lowest BCUT2D eigenvalue weighted by molar-refractivity contribution is -0.150. The van der Waals surface area contributed by atoms with E-state index >= 15 is 0 Å². The van der Waals surface area contributed by atoms with Crippen LogP contribution < -0.4 is 10.2 Å². The number of hydrogen-bond acceptors (Lipinski definition) is 4. The summed E-state index contributed by atoms with van der Waals surface area (Å²) in [4.78, 5) is 39.3. The fraction of sp³-hybridized carbons (Fsp3) is 0.318. The van der Waals surface area contributed by atoms with Crippen LogP contribution in [0.4, 0.5) is 5.69 Å². The van der Waals surface area contributed by atoms with Gasteiger partial charge < -0.3 is 15.0 Å². The Kier molecular flexibility index (Phi) is 6.69. The van der Waals surface area contributed by atoms with Crippen molar-refractivity contribution in [3.63, 3.8) is 0 Å². The Morgan fingerprint density at radius 2 is 1.79 bits per heavy atom. The van der Waals surface area contributed by atoms with Crippen molar-refractivity contribution in [1.82, 2.24) is 5.32 Å². The van der Waals surface area contributed by atoms with E-state index in [-0.39, 0.29) is 24.3 Å². The van der Waals surface area contributed by atoms with Gasteiger partial charge in [0.05, 0.1) is 5.56 Å². The number of carbonyl (C=O) groups is 3. The van der Waals surface area contributed by atoms with E-state index in [9.17, 15) is 14.4 Å². The second-order valence-electron chi connectivity index (χ2n) is 7.21. The highest BCUT2D eigenvalue weighted by Crippen LogP contribution is 2.27. The molecule has 2 amide bonds. The highest BCUT2D eigenvalue weighted by Gasteiger charge is 2.29. The summed E-state index contributed by atoms with van der Waals surface area (Å²) in [5, 5.41) is 2.71. The highest BCUT2D eigenvalue weighted by atomic mass is 79.9. The molecule has 0 aromatic heterocycles. The number of amides is 2. The average Bonchev–Trinajstić information content (AvgIpc) is 3.14. The Hall–Kier alpha value is -2.67. The molecule has 0 fully saturated rings. The zero-order valence-corrected chi connectivity index (χ0v) is 17.9. The first kappa shape index (κ1) is 21.0. The lowest BCUT2D eigenvalue weighted by Gasteiger charge is -2.22. The standard InChI is InChI=1S/C22H23BrN2O4/c1-14(2)20(24-21(27)16-8-4-5-9-17(16)23)22(28)29-13-19(26)25-12-11-15-7-3-6-10-18(15)25/h3-10,14,20H,11-13H2,1-2H3,(H,24,27). The Morgan fingerprint density at radius 3 is 2.52 bits per heavy atom. The molecule has 1 atom stereocenters. The molecule has 6 nitrogen and oxygen atoms in total. The summed E-state index contributed by atoms with van der Waals surface area (Å²) in [5.41, 5.74) is 2.39. The number of nitrogens with zero attached hydrogens (tertiary/aromatic N) is 1. The number of esters is 1. The van der Waals surface area contributed by atoms with Crippen molar-refractivity contribution < 1.29 is 19.1 Å². The molecule has 0 radical (unpaired) electrons. The van der Waals surface area contributed by atoms with E-state index < -0.39 is 12.0 Å². The van der Waals surface area contributed by atoms with Crippen LogP contribution in [0, 0.1) is 5.92 Å². The fourth-order valence-corrected chi connectivity index (χ4v) is 3.72. The molecular weight excluding hydrogens is 436 g/mol. The average molecular weight is 459 g/mol. The van der Waals surface area contributed by atoms with Crippen LogP contribution in [0.15, 0.2) is 53.0 Å². The minimum absolute atomic E-state index is 0.198. The third-order valence-corrected chi connectivity index (χ3v) is 5.54. The maximum atomic E-state index is 12.6. The van der Waals surface area contributed by atoms with Gasteiger partial charge in [-0.15, -0.1) is 0 Å². The van der Waals surface area contributed by atoms with Gasteiger partial charge in [0.1, 0.15) is 6.04 Å². The van der Waals surface area contributed by atoms with E-state index in [2.05, 4.69) is 21.2 Å². The maximum absolute atomic E-state index is 12.6. The van der Waals surface area contributed by atoms with E-state index in [0.717, 1.165) is 17.7 Å². The molecule has 152 valence electrons. The van der Waals surface area contributed by atoms with Gasteiger partial charge in [0, 0.05) is 16.7 Å². The molecule has 0 aliphatic carbocycles. The molecular formula is C22H23BrN2O4. The lowest BCUT2D eigenvalue weighted by Crippen LogP contribution is -2.46. The van der Waals surface area contributed by atoms with Crippen molar-refractivity contribution in [2.75, 3.05) is 18.1 Å². The lowest BCUT2D eigenvalue weighted by atomic mass is 10.0. The van der Waals surface area contributed by atoms with Gasteiger partial charge >= 0.3 is 5.97 Å². The molecule has 1 aliphatic rings. The van der Waals surface area contributed by atoms with Gasteiger partial charge in [-0.2, -0.15) is 0 Å². The third kappa shape index (κ3) is 4.85. The molecule has 1 N–H and O–H groups in total. The fourth-order valence-electron chi connectivity index (χ4n) is 3.26. The monoisotopic (exact) mass is 458 g/mol. The molecule has 1 unspecified atom stereocenters. The zero-order valence-electron chi connectivity index (χ0n) is 16.4. The molecule has 1 aliphatic heterocycles. The van der Waals surface area contributed by atoms with Gasteiger partial charge in [0.25, 0.3) is 11.8 Å². The number of fused-ring (bicyclic) bond motifs is 1. The summed E-state index contributed by atoms with van der Waals surface area (Å²) in [5.74, 6) is -1.48. The third-order valence-electron chi connectivity index (χ3n) is 4.85. The van der Waals surface area contributed by atoms with Crippen molar-refractivity contribution in [3.05, 3.63) is 64.1 Å². The van der Waals surface area contributed by atoms with Gasteiger partial charge in [-0.05, 0) is 52.0 Å². The first-order valence-electron chi connectivity index (χ1n) is 9.48.